The molecule has 7 heteroatoms. The van der Waals surface area contributed by atoms with Gasteiger partial charge in [0.25, 0.3) is 0 Å². The van der Waals surface area contributed by atoms with E-state index in [1.807, 2.05) is 0 Å². The van der Waals surface area contributed by atoms with Crippen LogP contribution in [-0.4, -0.2) is 36.1 Å². The van der Waals surface area contributed by atoms with E-state index in [0.29, 0.717) is 0 Å². The van der Waals surface area contributed by atoms with Crippen LogP contribution in [0.2, 0.25) is 0 Å². The molecule has 0 bridgehead atoms. The first-order chi connectivity index (χ1) is 5.56. The molecule has 1 saturated heterocycles. The summed E-state index contributed by atoms with van der Waals surface area (Å²) < 4.78 is 29.4. The molecule has 1 aliphatic heterocycles. The summed E-state index contributed by atoms with van der Waals surface area (Å²) in [6.45, 7) is 3.88. The molecule has 0 aromatic heterocycles. The van der Waals surface area contributed by atoms with Crippen molar-refractivity contribution in [1.29, 1.82) is 0 Å². The van der Waals surface area contributed by atoms with Gasteiger partial charge in [-0.05, 0) is 20.8 Å². The smallest absolute Gasteiger partial charge is 0.387 e. The highest BCUT2D eigenvalue weighted by atomic mass is 32.3. The molecule has 0 spiro atoms. The lowest BCUT2D eigenvalue weighted by Gasteiger charge is -2.43. The van der Waals surface area contributed by atoms with Crippen molar-refractivity contribution in [3.05, 3.63) is 0 Å². The Bertz CT molecular complexity index is 286. The Morgan fingerprint density at radius 2 is 1.54 bits per heavy atom. The van der Waals surface area contributed by atoms with Gasteiger partial charge in [0.1, 0.15) is 5.60 Å². The van der Waals surface area contributed by atoms with E-state index >= 15 is 0 Å². The average molecular weight is 212 g/mol. The van der Waals surface area contributed by atoms with Crippen LogP contribution in [0.25, 0.3) is 0 Å². The van der Waals surface area contributed by atoms with E-state index in [2.05, 4.69) is 8.37 Å². The fourth-order valence-electron chi connectivity index (χ4n) is 0.697. The molecule has 1 aliphatic rings. The van der Waals surface area contributed by atoms with Crippen LogP contribution in [0.5, 0.6) is 0 Å². The van der Waals surface area contributed by atoms with Crippen molar-refractivity contribution in [2.24, 2.45) is 0 Å². The molecule has 1 atom stereocenters. The summed E-state index contributed by atoms with van der Waals surface area (Å²) in [5, 5.41) is 19.1. The van der Waals surface area contributed by atoms with E-state index in [1.165, 1.54) is 20.8 Å². The molecule has 1 heterocycles. The van der Waals surface area contributed by atoms with Crippen LogP contribution in [-0.2, 0) is 18.8 Å². The first-order valence-electron chi connectivity index (χ1n) is 3.62. The maximum atomic E-state index is 10.4. The van der Waals surface area contributed by atoms with Gasteiger partial charge in [-0.3, -0.25) is 0 Å². The summed E-state index contributed by atoms with van der Waals surface area (Å²) in [5.41, 5.74) is -3.30. The van der Waals surface area contributed by atoms with Crippen LogP contribution in [0.1, 0.15) is 20.8 Å². The Morgan fingerprint density at radius 3 is 1.77 bits per heavy atom. The van der Waals surface area contributed by atoms with Gasteiger partial charge in [-0.25, -0.2) is 8.37 Å². The van der Waals surface area contributed by atoms with Gasteiger partial charge in [0.2, 0.25) is 6.29 Å². The number of hydrogen-bond donors (Lipinski definition) is 2. The molecular formula is C6H12O6S. The highest BCUT2D eigenvalue weighted by Gasteiger charge is 2.55. The normalized spacial score (nSPS) is 27.8. The maximum absolute atomic E-state index is 10.4. The van der Waals surface area contributed by atoms with E-state index < -0.39 is 27.9 Å². The molecule has 6 nitrogen and oxygen atoms in total. The van der Waals surface area contributed by atoms with Crippen molar-refractivity contribution < 1.29 is 27.0 Å². The summed E-state index contributed by atoms with van der Waals surface area (Å²) in [4.78, 5) is 0. The lowest BCUT2D eigenvalue weighted by atomic mass is 9.87. The Morgan fingerprint density at radius 1 is 1.15 bits per heavy atom. The lowest BCUT2D eigenvalue weighted by molar-refractivity contribution is -0.253. The standard InChI is InChI=1S/C6H12O6S/c1-5(2,7)6(3,8)4-11-13(9,10)12-4/h4,7-8H,1-3H3. The highest BCUT2D eigenvalue weighted by Crippen LogP contribution is 2.34. The van der Waals surface area contributed by atoms with Crippen LogP contribution in [0, 0.1) is 0 Å². The molecule has 0 amide bonds. The topological polar surface area (TPSA) is 93.1 Å². The Hall–Kier alpha value is -0.210. The fourth-order valence-corrected chi connectivity index (χ4v) is 1.51. The Kier molecular flexibility index (Phi) is 2.21. The summed E-state index contributed by atoms with van der Waals surface area (Å²) >= 11 is 0. The van der Waals surface area contributed by atoms with E-state index in [9.17, 15) is 18.6 Å². The third-order valence-corrected chi connectivity index (χ3v) is 2.93. The second kappa shape index (κ2) is 2.64. The minimum atomic E-state index is -3.95. The molecule has 0 aliphatic carbocycles. The molecule has 1 rings (SSSR count). The van der Waals surface area contributed by atoms with Crippen molar-refractivity contribution in [3.8, 4) is 0 Å². The Balaban J connectivity index is 2.75. The van der Waals surface area contributed by atoms with Gasteiger partial charge in [0, 0.05) is 0 Å². The summed E-state index contributed by atoms with van der Waals surface area (Å²) in [6, 6.07) is 0. The Labute approximate surface area is 76.4 Å². The predicted octanol–water partition coefficient (Wildman–Crippen LogP) is -0.874. The number of rotatable bonds is 2. The quantitative estimate of drug-likeness (QED) is 0.617. The van der Waals surface area contributed by atoms with Gasteiger partial charge in [0.15, 0.2) is 0 Å². The molecular weight excluding hydrogens is 200 g/mol. The van der Waals surface area contributed by atoms with E-state index in [0.717, 1.165) is 0 Å². The lowest BCUT2D eigenvalue weighted by Crippen LogP contribution is -2.62. The van der Waals surface area contributed by atoms with Gasteiger partial charge in [-0.2, -0.15) is 8.42 Å². The number of aliphatic hydroxyl groups is 2. The molecule has 1 fully saturated rings. The first-order valence-corrected chi connectivity index (χ1v) is 4.96. The largest absolute Gasteiger partial charge is 0.405 e. The van der Waals surface area contributed by atoms with Crippen molar-refractivity contribution in [2.75, 3.05) is 0 Å². The molecule has 0 saturated carbocycles. The first kappa shape index (κ1) is 10.9. The van der Waals surface area contributed by atoms with Gasteiger partial charge in [-0.15, -0.1) is 0 Å². The van der Waals surface area contributed by atoms with E-state index in [1.54, 1.807) is 0 Å². The second-order valence-corrected chi connectivity index (χ2v) is 4.84. The summed E-state index contributed by atoms with van der Waals surface area (Å²) in [6.07, 6.45) is -1.35. The molecule has 78 valence electrons. The molecule has 2 N–H and O–H groups in total. The van der Waals surface area contributed by atoms with Crippen LogP contribution < -0.4 is 0 Å². The summed E-state index contributed by atoms with van der Waals surface area (Å²) in [5.74, 6) is 0. The van der Waals surface area contributed by atoms with Gasteiger partial charge in [-0.1, -0.05) is 0 Å². The van der Waals surface area contributed by atoms with Crippen LogP contribution in [0.4, 0.5) is 0 Å². The zero-order chi connectivity index (χ0) is 10.5. The van der Waals surface area contributed by atoms with E-state index in [-0.39, 0.29) is 0 Å². The molecule has 0 aromatic rings. The SMILES string of the molecule is CC(C)(O)C(C)(O)C1OS(=O)(=O)O1. The monoisotopic (exact) mass is 212 g/mol. The molecule has 1 unspecified atom stereocenters. The average Bonchev–Trinajstić information content (AvgIpc) is 1.79. The highest BCUT2D eigenvalue weighted by molar-refractivity contribution is 7.82. The minimum Gasteiger partial charge on any atom is -0.387 e. The maximum Gasteiger partial charge on any atom is 0.405 e. The molecule has 0 radical (unpaired) electrons. The zero-order valence-electron chi connectivity index (χ0n) is 7.51. The van der Waals surface area contributed by atoms with Crippen molar-refractivity contribution in [1.82, 2.24) is 0 Å². The van der Waals surface area contributed by atoms with Crippen molar-refractivity contribution in [2.45, 2.75) is 38.3 Å². The van der Waals surface area contributed by atoms with Crippen LogP contribution in [0.15, 0.2) is 0 Å². The van der Waals surface area contributed by atoms with Gasteiger partial charge < -0.3 is 10.2 Å². The predicted molar refractivity (Wildman–Crippen MR) is 41.8 cm³/mol. The van der Waals surface area contributed by atoms with Crippen molar-refractivity contribution >= 4 is 10.4 Å². The fraction of sp³-hybridized carbons (Fsp3) is 1.00. The van der Waals surface area contributed by atoms with Crippen molar-refractivity contribution in [3.63, 3.8) is 0 Å². The van der Waals surface area contributed by atoms with Crippen LogP contribution in [0.3, 0.4) is 0 Å². The number of hydrogen-bond acceptors (Lipinski definition) is 6. The van der Waals surface area contributed by atoms with Gasteiger partial charge in [0.05, 0.1) is 5.60 Å². The molecule has 0 aromatic carbocycles. The molecule has 13 heavy (non-hydrogen) atoms. The van der Waals surface area contributed by atoms with Crippen LogP contribution >= 0.6 is 0 Å². The minimum absolute atomic E-state index is 1.23. The second-order valence-electron chi connectivity index (χ2n) is 3.64. The van der Waals surface area contributed by atoms with Gasteiger partial charge >= 0.3 is 10.4 Å². The van der Waals surface area contributed by atoms with E-state index in [4.69, 9.17) is 0 Å². The third-order valence-electron chi connectivity index (χ3n) is 2.11. The summed E-state index contributed by atoms with van der Waals surface area (Å²) in [7, 11) is -3.95. The third kappa shape index (κ3) is 1.84. The zero-order valence-corrected chi connectivity index (χ0v) is 8.33.